The van der Waals surface area contributed by atoms with E-state index in [4.69, 9.17) is 4.42 Å². The molecule has 27 heavy (non-hydrogen) atoms. The maximum Gasteiger partial charge on any atom is 0.322 e. The Hall–Kier alpha value is -3.07. The molecule has 1 aliphatic rings. The van der Waals surface area contributed by atoms with E-state index in [9.17, 15) is 18.7 Å². The Morgan fingerprint density at radius 1 is 1.26 bits per heavy atom. The van der Waals surface area contributed by atoms with Crippen LogP contribution in [-0.4, -0.2) is 36.8 Å². The highest BCUT2D eigenvalue weighted by molar-refractivity contribution is 5.73. The van der Waals surface area contributed by atoms with Crippen LogP contribution in [0, 0.1) is 18.6 Å². The van der Waals surface area contributed by atoms with E-state index in [1.165, 1.54) is 12.1 Å². The molecule has 0 fully saturated rings. The minimum absolute atomic E-state index is 0.0588. The normalized spacial score (nSPS) is 17.1. The van der Waals surface area contributed by atoms with Crippen LogP contribution in [0.4, 0.5) is 8.78 Å². The number of carboxylic acid groups (broad SMARTS) is 1. The molecule has 2 aromatic heterocycles. The smallest absolute Gasteiger partial charge is 0.322 e. The summed E-state index contributed by atoms with van der Waals surface area (Å²) in [5.41, 5.74) is -0.243. The number of aliphatic carboxylic acids is 1. The molecule has 0 radical (unpaired) electrons. The molecule has 1 aromatic carbocycles. The van der Waals surface area contributed by atoms with E-state index < -0.39 is 23.6 Å². The molecule has 0 spiro atoms. The summed E-state index contributed by atoms with van der Waals surface area (Å²) in [4.78, 5) is 13.4. The largest absolute Gasteiger partial charge is 0.480 e. The number of hydrogen-bond acceptors (Lipinski definition) is 5. The maximum atomic E-state index is 13.9. The van der Waals surface area contributed by atoms with Gasteiger partial charge in [-0.1, -0.05) is 6.07 Å². The Balaban J connectivity index is 1.60. The van der Waals surface area contributed by atoms with Crippen LogP contribution in [0.1, 0.15) is 17.4 Å². The third-order valence-corrected chi connectivity index (χ3v) is 4.67. The molecule has 0 aliphatic carbocycles. The number of nitrogens with zero attached hydrogens (tertiary/aromatic N) is 4. The van der Waals surface area contributed by atoms with Gasteiger partial charge in [0.2, 0.25) is 0 Å². The minimum Gasteiger partial charge on any atom is -0.480 e. The van der Waals surface area contributed by atoms with Gasteiger partial charge in [-0.05, 0) is 31.2 Å². The second-order valence-corrected chi connectivity index (χ2v) is 6.40. The molecular formula is C18H16F2N4O3. The van der Waals surface area contributed by atoms with Crippen LogP contribution in [0.15, 0.2) is 34.7 Å². The molecule has 4 rings (SSSR count). The van der Waals surface area contributed by atoms with Crippen LogP contribution in [0.3, 0.4) is 0 Å². The van der Waals surface area contributed by atoms with E-state index in [1.807, 2.05) is 0 Å². The molecule has 0 saturated heterocycles. The van der Waals surface area contributed by atoms with Crippen LogP contribution in [-0.2, 0) is 24.4 Å². The first kappa shape index (κ1) is 17.3. The molecule has 1 aliphatic heterocycles. The van der Waals surface area contributed by atoms with Crippen LogP contribution in [0.2, 0.25) is 0 Å². The number of benzene rings is 1. The molecule has 0 saturated carbocycles. The monoisotopic (exact) mass is 374 g/mol. The average Bonchev–Trinajstić information content (AvgIpc) is 3.21. The molecule has 1 unspecified atom stereocenters. The van der Waals surface area contributed by atoms with Gasteiger partial charge in [-0.2, -0.15) is 0 Å². The number of aromatic nitrogens is 3. The number of carboxylic acids is 1. The lowest BCUT2D eigenvalue weighted by atomic mass is 10.1. The Labute approximate surface area is 152 Å². The quantitative estimate of drug-likeness (QED) is 0.756. The standard InChI is InChI=1S/C18H16F2N4O3/c1-10-21-22-16-9-23(14(18(25)26)8-24(10)16)7-11-5-6-15(27-11)17-12(19)3-2-4-13(17)20/h2-6,14H,7-9H2,1H3,(H,25,26). The van der Waals surface area contributed by atoms with Crippen LogP contribution in [0.5, 0.6) is 0 Å². The van der Waals surface area contributed by atoms with Crippen LogP contribution in [0.25, 0.3) is 11.3 Å². The average molecular weight is 374 g/mol. The summed E-state index contributed by atoms with van der Waals surface area (Å²) in [7, 11) is 0. The summed E-state index contributed by atoms with van der Waals surface area (Å²) in [6.07, 6.45) is 0. The molecule has 0 amide bonds. The number of halogens is 2. The zero-order valence-corrected chi connectivity index (χ0v) is 14.4. The van der Waals surface area contributed by atoms with E-state index in [1.54, 1.807) is 22.5 Å². The summed E-state index contributed by atoms with van der Waals surface area (Å²) in [6, 6.07) is 5.86. The number of rotatable bonds is 4. The molecule has 1 atom stereocenters. The van der Waals surface area contributed by atoms with Crippen LogP contribution >= 0.6 is 0 Å². The SMILES string of the molecule is Cc1nnc2n1CC(C(=O)O)N(Cc1ccc(-c3c(F)cccc3F)o1)C2. The van der Waals surface area contributed by atoms with Crippen molar-refractivity contribution in [1.29, 1.82) is 0 Å². The number of aryl methyl sites for hydroxylation is 1. The van der Waals surface area contributed by atoms with Crippen molar-refractivity contribution in [1.82, 2.24) is 19.7 Å². The van der Waals surface area contributed by atoms with Gasteiger partial charge in [-0.25, -0.2) is 8.78 Å². The van der Waals surface area contributed by atoms with Gasteiger partial charge in [0, 0.05) is 0 Å². The number of furan rings is 1. The zero-order chi connectivity index (χ0) is 19.1. The first-order valence-corrected chi connectivity index (χ1v) is 8.32. The summed E-state index contributed by atoms with van der Waals surface area (Å²) in [5.74, 6) is -0.627. The van der Waals surface area contributed by atoms with Gasteiger partial charge in [0.25, 0.3) is 0 Å². The van der Waals surface area contributed by atoms with Crippen molar-refractivity contribution in [2.24, 2.45) is 0 Å². The van der Waals surface area contributed by atoms with Crippen molar-refractivity contribution in [2.45, 2.75) is 32.6 Å². The fourth-order valence-corrected chi connectivity index (χ4v) is 3.29. The Morgan fingerprint density at radius 2 is 2.00 bits per heavy atom. The summed E-state index contributed by atoms with van der Waals surface area (Å²) in [5, 5.41) is 17.6. The van der Waals surface area contributed by atoms with Crippen molar-refractivity contribution in [3.8, 4) is 11.3 Å². The third kappa shape index (κ3) is 3.10. The van der Waals surface area contributed by atoms with Gasteiger partial charge in [-0.15, -0.1) is 10.2 Å². The highest BCUT2D eigenvalue weighted by atomic mass is 19.1. The topological polar surface area (TPSA) is 84.4 Å². The van der Waals surface area contributed by atoms with Crippen molar-refractivity contribution < 1.29 is 23.1 Å². The molecular weight excluding hydrogens is 358 g/mol. The predicted octanol–water partition coefficient (Wildman–Crippen LogP) is 2.59. The van der Waals surface area contributed by atoms with Crippen LogP contribution < -0.4 is 0 Å². The van der Waals surface area contributed by atoms with Gasteiger partial charge >= 0.3 is 5.97 Å². The molecule has 3 aromatic rings. The third-order valence-electron chi connectivity index (χ3n) is 4.67. The van der Waals surface area contributed by atoms with Crippen molar-refractivity contribution >= 4 is 5.97 Å². The lowest BCUT2D eigenvalue weighted by molar-refractivity contribution is -0.145. The molecule has 0 bridgehead atoms. The molecule has 140 valence electrons. The highest BCUT2D eigenvalue weighted by Crippen LogP contribution is 2.29. The number of hydrogen-bond donors (Lipinski definition) is 1. The van der Waals surface area contributed by atoms with Crippen molar-refractivity contribution in [3.05, 3.63) is 59.4 Å². The number of fused-ring (bicyclic) bond motifs is 1. The first-order chi connectivity index (χ1) is 12.9. The second-order valence-electron chi connectivity index (χ2n) is 6.40. The van der Waals surface area contributed by atoms with E-state index in [0.29, 0.717) is 17.4 Å². The van der Waals surface area contributed by atoms with Gasteiger partial charge in [-0.3, -0.25) is 9.69 Å². The molecule has 7 nitrogen and oxygen atoms in total. The van der Waals surface area contributed by atoms with Gasteiger partial charge in [0.15, 0.2) is 0 Å². The van der Waals surface area contributed by atoms with Crippen molar-refractivity contribution in [2.75, 3.05) is 0 Å². The first-order valence-electron chi connectivity index (χ1n) is 8.32. The van der Waals surface area contributed by atoms with Gasteiger partial charge in [0.05, 0.1) is 25.2 Å². The summed E-state index contributed by atoms with van der Waals surface area (Å²) in [6.45, 7) is 2.44. The lowest BCUT2D eigenvalue weighted by Crippen LogP contribution is -2.47. The fourth-order valence-electron chi connectivity index (χ4n) is 3.29. The molecule has 9 heteroatoms. The van der Waals surface area contributed by atoms with E-state index in [0.717, 1.165) is 12.1 Å². The minimum atomic E-state index is -0.972. The lowest BCUT2D eigenvalue weighted by Gasteiger charge is -2.32. The fraction of sp³-hybridized carbons (Fsp3) is 0.278. The Kier molecular flexibility index (Phi) is 4.23. The second kappa shape index (κ2) is 6.58. The summed E-state index contributed by atoms with van der Waals surface area (Å²) < 4.78 is 35.2. The van der Waals surface area contributed by atoms with Gasteiger partial charge in [0.1, 0.15) is 40.8 Å². The summed E-state index contributed by atoms with van der Waals surface area (Å²) >= 11 is 0. The van der Waals surface area contributed by atoms with E-state index >= 15 is 0 Å². The Bertz CT molecular complexity index is 994. The molecule has 3 heterocycles. The number of carbonyl (C=O) groups is 1. The predicted molar refractivity (Wildman–Crippen MR) is 89.5 cm³/mol. The van der Waals surface area contributed by atoms with Crippen molar-refractivity contribution in [3.63, 3.8) is 0 Å². The highest BCUT2D eigenvalue weighted by Gasteiger charge is 2.34. The Morgan fingerprint density at radius 3 is 2.70 bits per heavy atom. The maximum absolute atomic E-state index is 13.9. The van der Waals surface area contributed by atoms with E-state index in [2.05, 4.69) is 10.2 Å². The van der Waals surface area contributed by atoms with Gasteiger partial charge < -0.3 is 14.1 Å². The van der Waals surface area contributed by atoms with E-state index in [-0.39, 0.29) is 31.0 Å². The molecule has 1 N–H and O–H groups in total. The zero-order valence-electron chi connectivity index (χ0n) is 14.4.